The van der Waals surface area contributed by atoms with Gasteiger partial charge in [-0.1, -0.05) is 34.6 Å². The van der Waals surface area contributed by atoms with Crippen molar-refractivity contribution < 1.29 is 0 Å². The van der Waals surface area contributed by atoms with Gasteiger partial charge in [0.05, 0.1) is 0 Å². The van der Waals surface area contributed by atoms with Crippen molar-refractivity contribution in [3.63, 3.8) is 0 Å². The van der Waals surface area contributed by atoms with E-state index in [2.05, 4.69) is 44.8 Å². The third kappa shape index (κ3) is 3.58. The SMILES string of the molecule is CC(C)NCCN1CC(C(C)(C)C)C1. The average molecular weight is 198 g/mol. The Kier molecular flexibility index (Phi) is 3.96. The highest BCUT2D eigenvalue weighted by molar-refractivity contribution is 4.87. The number of hydrogen-bond donors (Lipinski definition) is 1. The molecule has 0 aromatic heterocycles. The molecule has 14 heavy (non-hydrogen) atoms. The standard InChI is InChI=1S/C12H26N2/c1-10(2)13-6-7-14-8-11(9-14)12(3,4)5/h10-11,13H,6-9H2,1-5H3. The molecule has 1 aliphatic heterocycles. The molecule has 84 valence electrons. The van der Waals surface area contributed by atoms with E-state index in [1.165, 1.54) is 19.6 Å². The van der Waals surface area contributed by atoms with Gasteiger partial charge in [-0.2, -0.15) is 0 Å². The molecule has 0 radical (unpaired) electrons. The van der Waals surface area contributed by atoms with Gasteiger partial charge in [-0.3, -0.25) is 0 Å². The number of rotatable bonds is 4. The predicted molar refractivity (Wildman–Crippen MR) is 62.5 cm³/mol. The van der Waals surface area contributed by atoms with Gasteiger partial charge in [0, 0.05) is 32.2 Å². The highest BCUT2D eigenvalue weighted by atomic mass is 15.2. The molecular formula is C12H26N2. The van der Waals surface area contributed by atoms with Crippen LogP contribution in [-0.2, 0) is 0 Å². The van der Waals surface area contributed by atoms with Crippen LogP contribution in [0.15, 0.2) is 0 Å². The van der Waals surface area contributed by atoms with Crippen LogP contribution in [0.3, 0.4) is 0 Å². The van der Waals surface area contributed by atoms with E-state index >= 15 is 0 Å². The Balaban J connectivity index is 2.05. The maximum atomic E-state index is 3.46. The quantitative estimate of drug-likeness (QED) is 0.743. The third-order valence-electron chi connectivity index (χ3n) is 3.16. The highest BCUT2D eigenvalue weighted by Crippen LogP contribution is 2.32. The summed E-state index contributed by atoms with van der Waals surface area (Å²) in [6, 6.07) is 0.620. The van der Waals surface area contributed by atoms with E-state index in [9.17, 15) is 0 Å². The lowest BCUT2D eigenvalue weighted by molar-refractivity contribution is 0.0256. The van der Waals surface area contributed by atoms with Gasteiger partial charge in [0.2, 0.25) is 0 Å². The van der Waals surface area contributed by atoms with E-state index in [0.29, 0.717) is 11.5 Å². The molecule has 0 aromatic carbocycles. The molecule has 0 amide bonds. The zero-order chi connectivity index (χ0) is 10.8. The molecule has 1 heterocycles. The lowest BCUT2D eigenvalue weighted by Crippen LogP contribution is -2.53. The van der Waals surface area contributed by atoms with Gasteiger partial charge in [-0.15, -0.1) is 0 Å². The monoisotopic (exact) mass is 198 g/mol. The van der Waals surface area contributed by atoms with Crippen molar-refractivity contribution >= 4 is 0 Å². The summed E-state index contributed by atoms with van der Waals surface area (Å²) in [4.78, 5) is 2.55. The maximum Gasteiger partial charge on any atom is 0.0107 e. The summed E-state index contributed by atoms with van der Waals surface area (Å²) in [5.41, 5.74) is 0.502. The Labute approximate surface area is 89.1 Å². The van der Waals surface area contributed by atoms with Gasteiger partial charge in [0.1, 0.15) is 0 Å². The molecule has 0 aliphatic carbocycles. The first kappa shape index (κ1) is 12.0. The molecule has 1 rings (SSSR count). The van der Waals surface area contributed by atoms with Crippen LogP contribution in [0, 0.1) is 11.3 Å². The molecule has 1 fully saturated rings. The summed E-state index contributed by atoms with van der Waals surface area (Å²) in [6.45, 7) is 16.4. The first-order valence-electron chi connectivity index (χ1n) is 5.85. The minimum absolute atomic E-state index is 0.502. The number of nitrogens with one attached hydrogen (secondary N) is 1. The zero-order valence-electron chi connectivity index (χ0n) is 10.4. The Morgan fingerprint density at radius 2 is 1.86 bits per heavy atom. The molecule has 1 aliphatic rings. The van der Waals surface area contributed by atoms with Gasteiger partial charge in [-0.25, -0.2) is 0 Å². The minimum Gasteiger partial charge on any atom is -0.313 e. The van der Waals surface area contributed by atoms with Gasteiger partial charge in [0.15, 0.2) is 0 Å². The average Bonchev–Trinajstić information content (AvgIpc) is 1.90. The van der Waals surface area contributed by atoms with Crippen LogP contribution in [0.4, 0.5) is 0 Å². The second-order valence-electron chi connectivity index (χ2n) is 5.93. The molecular weight excluding hydrogens is 172 g/mol. The Morgan fingerprint density at radius 1 is 1.29 bits per heavy atom. The van der Waals surface area contributed by atoms with Gasteiger partial charge < -0.3 is 10.2 Å². The second-order valence-corrected chi connectivity index (χ2v) is 5.93. The van der Waals surface area contributed by atoms with Crippen molar-refractivity contribution in [3.05, 3.63) is 0 Å². The summed E-state index contributed by atoms with van der Waals surface area (Å²) < 4.78 is 0. The van der Waals surface area contributed by atoms with Crippen LogP contribution in [0.2, 0.25) is 0 Å². The van der Waals surface area contributed by atoms with E-state index in [4.69, 9.17) is 0 Å². The van der Waals surface area contributed by atoms with Crippen LogP contribution in [-0.4, -0.2) is 37.1 Å². The van der Waals surface area contributed by atoms with Crippen molar-refractivity contribution in [2.45, 2.75) is 40.7 Å². The van der Waals surface area contributed by atoms with Crippen LogP contribution in [0.25, 0.3) is 0 Å². The summed E-state index contributed by atoms with van der Waals surface area (Å²) in [6.07, 6.45) is 0. The molecule has 1 N–H and O–H groups in total. The Morgan fingerprint density at radius 3 is 2.29 bits per heavy atom. The summed E-state index contributed by atoms with van der Waals surface area (Å²) >= 11 is 0. The zero-order valence-corrected chi connectivity index (χ0v) is 10.4. The van der Waals surface area contributed by atoms with E-state index in [1.807, 2.05) is 0 Å². The van der Waals surface area contributed by atoms with Crippen molar-refractivity contribution in [2.75, 3.05) is 26.2 Å². The van der Waals surface area contributed by atoms with E-state index < -0.39 is 0 Å². The maximum absolute atomic E-state index is 3.46. The molecule has 0 unspecified atom stereocenters. The van der Waals surface area contributed by atoms with E-state index in [1.54, 1.807) is 0 Å². The molecule has 2 nitrogen and oxygen atoms in total. The van der Waals surface area contributed by atoms with Crippen molar-refractivity contribution in [1.29, 1.82) is 0 Å². The summed E-state index contributed by atoms with van der Waals surface area (Å²) in [7, 11) is 0. The first-order valence-corrected chi connectivity index (χ1v) is 5.85. The fraction of sp³-hybridized carbons (Fsp3) is 1.00. The van der Waals surface area contributed by atoms with Crippen LogP contribution < -0.4 is 5.32 Å². The minimum atomic E-state index is 0.502. The number of hydrogen-bond acceptors (Lipinski definition) is 2. The fourth-order valence-corrected chi connectivity index (χ4v) is 1.81. The van der Waals surface area contributed by atoms with Crippen LogP contribution in [0.1, 0.15) is 34.6 Å². The molecule has 0 bridgehead atoms. The van der Waals surface area contributed by atoms with Crippen LogP contribution >= 0.6 is 0 Å². The number of likely N-dealkylation sites (tertiary alicyclic amines) is 1. The van der Waals surface area contributed by atoms with E-state index in [-0.39, 0.29) is 0 Å². The first-order chi connectivity index (χ1) is 6.39. The molecule has 0 spiro atoms. The third-order valence-corrected chi connectivity index (χ3v) is 3.16. The molecule has 0 aromatic rings. The highest BCUT2D eigenvalue weighted by Gasteiger charge is 2.34. The Bertz CT molecular complexity index is 164. The summed E-state index contributed by atoms with van der Waals surface area (Å²) in [5.74, 6) is 0.904. The van der Waals surface area contributed by atoms with Gasteiger partial charge in [0.25, 0.3) is 0 Å². The molecule has 0 saturated carbocycles. The topological polar surface area (TPSA) is 15.3 Å². The lowest BCUT2D eigenvalue weighted by Gasteiger charge is -2.46. The Hall–Kier alpha value is -0.0800. The largest absolute Gasteiger partial charge is 0.313 e. The normalized spacial score (nSPS) is 20.1. The molecule has 2 heteroatoms. The predicted octanol–water partition coefficient (Wildman–Crippen LogP) is 1.96. The summed E-state index contributed by atoms with van der Waals surface area (Å²) in [5, 5.41) is 3.46. The van der Waals surface area contributed by atoms with Gasteiger partial charge in [-0.05, 0) is 11.3 Å². The lowest BCUT2D eigenvalue weighted by atomic mass is 9.76. The van der Waals surface area contributed by atoms with Gasteiger partial charge >= 0.3 is 0 Å². The van der Waals surface area contributed by atoms with E-state index in [0.717, 1.165) is 12.5 Å². The molecule has 0 atom stereocenters. The fourth-order valence-electron chi connectivity index (χ4n) is 1.81. The molecule has 1 saturated heterocycles. The smallest absolute Gasteiger partial charge is 0.0107 e. The van der Waals surface area contributed by atoms with Crippen molar-refractivity contribution in [3.8, 4) is 0 Å². The van der Waals surface area contributed by atoms with Crippen molar-refractivity contribution in [1.82, 2.24) is 10.2 Å². The second kappa shape index (κ2) is 4.63. The van der Waals surface area contributed by atoms with Crippen LogP contribution in [0.5, 0.6) is 0 Å². The number of nitrogens with zero attached hydrogens (tertiary/aromatic N) is 1. The van der Waals surface area contributed by atoms with Crippen molar-refractivity contribution in [2.24, 2.45) is 11.3 Å².